The van der Waals surface area contributed by atoms with Crippen molar-refractivity contribution < 1.29 is 14.3 Å². The van der Waals surface area contributed by atoms with Gasteiger partial charge in [-0.1, -0.05) is 11.6 Å². The summed E-state index contributed by atoms with van der Waals surface area (Å²) in [5.41, 5.74) is 2.81. The number of methoxy groups -OCH3 is 2. The summed E-state index contributed by atoms with van der Waals surface area (Å²) in [5.74, 6) is 1.32. The smallest absolute Gasteiger partial charge is 0.143 e. The van der Waals surface area contributed by atoms with Gasteiger partial charge < -0.3 is 9.47 Å². The van der Waals surface area contributed by atoms with Crippen LogP contribution in [0.1, 0.15) is 32.3 Å². The van der Waals surface area contributed by atoms with Crippen molar-refractivity contribution in [1.29, 1.82) is 5.26 Å². The number of carbonyl (C=O) groups is 1. The molecule has 23 heavy (non-hydrogen) atoms. The average Bonchev–Trinajstić information content (AvgIpc) is 2.60. The van der Waals surface area contributed by atoms with Crippen LogP contribution in [0.4, 0.5) is 0 Å². The second kappa shape index (κ2) is 9.47. The van der Waals surface area contributed by atoms with Gasteiger partial charge in [-0.25, -0.2) is 0 Å². The van der Waals surface area contributed by atoms with E-state index in [0.717, 1.165) is 23.0 Å². The molecule has 0 fully saturated rings. The van der Waals surface area contributed by atoms with Gasteiger partial charge in [-0.3, -0.25) is 4.79 Å². The Labute approximate surface area is 138 Å². The van der Waals surface area contributed by atoms with Gasteiger partial charge in [0.2, 0.25) is 0 Å². The maximum absolute atomic E-state index is 11.2. The quantitative estimate of drug-likeness (QED) is 0.410. The first-order valence-electron chi connectivity index (χ1n) is 7.50. The predicted octanol–water partition coefficient (Wildman–Crippen LogP) is 4.17. The maximum Gasteiger partial charge on any atom is 0.143 e. The van der Waals surface area contributed by atoms with Crippen LogP contribution in [0.25, 0.3) is 5.57 Å². The molecule has 122 valence electrons. The molecule has 0 amide bonds. The molecule has 4 nitrogen and oxygen atoms in total. The van der Waals surface area contributed by atoms with Gasteiger partial charge >= 0.3 is 0 Å². The van der Waals surface area contributed by atoms with Gasteiger partial charge in [0.1, 0.15) is 17.8 Å². The lowest BCUT2D eigenvalue weighted by Crippen LogP contribution is -2.07. The van der Waals surface area contributed by atoms with E-state index in [1.165, 1.54) is 0 Å². The summed E-state index contributed by atoms with van der Waals surface area (Å²) in [6.45, 7) is 3.97. The molecule has 0 spiro atoms. The Morgan fingerprint density at radius 1 is 1.35 bits per heavy atom. The van der Waals surface area contributed by atoms with Crippen LogP contribution in [0.5, 0.6) is 11.5 Å². The molecule has 1 aromatic rings. The molecule has 0 bridgehead atoms. The van der Waals surface area contributed by atoms with Crippen molar-refractivity contribution in [2.75, 3.05) is 14.2 Å². The topological polar surface area (TPSA) is 59.3 Å². The van der Waals surface area contributed by atoms with Crippen molar-refractivity contribution in [3.8, 4) is 17.6 Å². The van der Waals surface area contributed by atoms with E-state index in [1.54, 1.807) is 26.4 Å². The van der Waals surface area contributed by atoms with Gasteiger partial charge in [0.05, 0.1) is 20.3 Å². The highest BCUT2D eigenvalue weighted by atomic mass is 16.5. The number of aldehydes is 1. The number of benzene rings is 1. The van der Waals surface area contributed by atoms with Crippen LogP contribution in [-0.4, -0.2) is 20.5 Å². The number of carbonyl (C=O) groups excluding carboxylic acids is 1. The lowest BCUT2D eigenvalue weighted by molar-refractivity contribution is -0.104. The fourth-order valence-electron chi connectivity index (χ4n) is 2.54. The predicted molar refractivity (Wildman–Crippen MR) is 91.4 cm³/mol. The van der Waals surface area contributed by atoms with E-state index in [-0.39, 0.29) is 5.92 Å². The summed E-state index contributed by atoms with van der Waals surface area (Å²) in [5, 5.41) is 8.92. The number of nitrogens with zero attached hydrogens (tertiary/aromatic N) is 1. The first-order chi connectivity index (χ1) is 11.1. The summed E-state index contributed by atoms with van der Waals surface area (Å²) < 4.78 is 10.7. The van der Waals surface area contributed by atoms with E-state index >= 15 is 0 Å². The van der Waals surface area contributed by atoms with Gasteiger partial charge in [-0.15, -0.1) is 0 Å². The van der Waals surface area contributed by atoms with Crippen molar-refractivity contribution in [3.63, 3.8) is 0 Å². The van der Waals surface area contributed by atoms with Crippen LogP contribution < -0.4 is 9.47 Å². The van der Waals surface area contributed by atoms with Crippen LogP contribution >= 0.6 is 0 Å². The van der Waals surface area contributed by atoms with E-state index in [0.29, 0.717) is 24.3 Å². The largest absolute Gasteiger partial charge is 0.497 e. The fourth-order valence-corrected chi connectivity index (χ4v) is 2.54. The monoisotopic (exact) mass is 313 g/mol. The van der Waals surface area contributed by atoms with Crippen LogP contribution in [0, 0.1) is 17.2 Å². The highest BCUT2D eigenvalue weighted by molar-refractivity contribution is 5.85. The molecule has 1 rings (SSSR count). The number of ether oxygens (including phenoxy) is 2. The molecule has 0 saturated heterocycles. The lowest BCUT2D eigenvalue weighted by Gasteiger charge is -2.22. The summed E-state index contributed by atoms with van der Waals surface area (Å²) in [7, 11) is 3.18. The Balaban J connectivity index is 3.42. The standard InChI is InChI=1S/C19H23NO3/c1-5-14(2)16(7-6-11-20)17(10-12-21)18-9-8-15(22-3)13-19(18)23-4/h5,8-10,12-13,16H,6-7H2,1-4H3/b14-5-,17-10+. The number of nitriles is 1. The molecule has 1 aromatic carbocycles. The number of rotatable bonds is 8. The molecular weight excluding hydrogens is 290 g/mol. The second-order valence-corrected chi connectivity index (χ2v) is 5.11. The van der Waals surface area contributed by atoms with Crippen LogP contribution in [-0.2, 0) is 4.79 Å². The average molecular weight is 313 g/mol. The Kier molecular flexibility index (Phi) is 7.62. The molecule has 0 aromatic heterocycles. The van der Waals surface area contributed by atoms with Crippen molar-refractivity contribution in [2.45, 2.75) is 26.7 Å². The third-order valence-corrected chi connectivity index (χ3v) is 3.89. The van der Waals surface area contributed by atoms with Crippen molar-refractivity contribution in [2.24, 2.45) is 5.92 Å². The van der Waals surface area contributed by atoms with Gasteiger partial charge in [-0.05, 0) is 44.1 Å². The van der Waals surface area contributed by atoms with E-state index < -0.39 is 0 Å². The molecule has 0 N–H and O–H groups in total. The zero-order valence-corrected chi connectivity index (χ0v) is 14.1. The maximum atomic E-state index is 11.2. The molecule has 1 unspecified atom stereocenters. The SMILES string of the molecule is C/C=C(/C)C(CCC#N)/C(=C\C=O)c1ccc(OC)cc1OC. The Bertz CT molecular complexity index is 639. The first kappa shape index (κ1) is 18.5. The summed E-state index contributed by atoms with van der Waals surface area (Å²) >= 11 is 0. The van der Waals surface area contributed by atoms with Crippen LogP contribution in [0.2, 0.25) is 0 Å². The van der Waals surface area contributed by atoms with Crippen LogP contribution in [0.3, 0.4) is 0 Å². The number of hydrogen-bond donors (Lipinski definition) is 0. The van der Waals surface area contributed by atoms with E-state index in [2.05, 4.69) is 6.07 Å². The zero-order valence-electron chi connectivity index (χ0n) is 14.1. The third kappa shape index (κ3) is 4.72. The first-order valence-corrected chi connectivity index (χ1v) is 7.50. The minimum atomic E-state index is -0.00727. The van der Waals surface area contributed by atoms with Crippen LogP contribution in [0.15, 0.2) is 35.9 Å². The Morgan fingerprint density at radius 2 is 2.09 bits per heavy atom. The summed E-state index contributed by atoms with van der Waals surface area (Å²) in [6.07, 6.45) is 5.42. The number of allylic oxidation sites excluding steroid dienone is 4. The van der Waals surface area contributed by atoms with Crippen molar-refractivity contribution >= 4 is 11.9 Å². The minimum Gasteiger partial charge on any atom is -0.497 e. The van der Waals surface area contributed by atoms with E-state index in [9.17, 15) is 4.79 Å². The van der Waals surface area contributed by atoms with Gasteiger partial charge in [0.25, 0.3) is 0 Å². The molecule has 0 radical (unpaired) electrons. The summed E-state index contributed by atoms with van der Waals surface area (Å²) in [4.78, 5) is 11.2. The number of hydrogen-bond acceptors (Lipinski definition) is 4. The minimum absolute atomic E-state index is 0.00727. The zero-order chi connectivity index (χ0) is 17.2. The second-order valence-electron chi connectivity index (χ2n) is 5.11. The molecular formula is C19H23NO3. The lowest BCUT2D eigenvalue weighted by atomic mass is 9.83. The molecule has 0 saturated carbocycles. The molecule has 0 heterocycles. The van der Waals surface area contributed by atoms with Gasteiger partial charge in [0.15, 0.2) is 0 Å². The van der Waals surface area contributed by atoms with E-state index in [4.69, 9.17) is 14.7 Å². The molecule has 0 aliphatic heterocycles. The third-order valence-electron chi connectivity index (χ3n) is 3.89. The Morgan fingerprint density at radius 3 is 2.61 bits per heavy atom. The summed E-state index contributed by atoms with van der Waals surface area (Å²) in [6, 6.07) is 7.69. The molecule has 1 atom stereocenters. The fraction of sp³-hybridized carbons (Fsp3) is 0.368. The highest BCUT2D eigenvalue weighted by Crippen LogP contribution is 2.38. The van der Waals surface area contributed by atoms with Crippen molar-refractivity contribution in [3.05, 3.63) is 41.5 Å². The molecule has 4 heteroatoms. The van der Waals surface area contributed by atoms with Gasteiger partial charge in [0, 0.05) is 24.0 Å². The normalized spacial score (nSPS) is 13.2. The molecule has 0 aliphatic rings. The van der Waals surface area contributed by atoms with E-state index in [1.807, 2.05) is 32.1 Å². The highest BCUT2D eigenvalue weighted by Gasteiger charge is 2.20. The van der Waals surface area contributed by atoms with Crippen molar-refractivity contribution in [1.82, 2.24) is 0 Å². The Hall–Kier alpha value is -2.54. The molecule has 0 aliphatic carbocycles. The van der Waals surface area contributed by atoms with Gasteiger partial charge in [-0.2, -0.15) is 5.26 Å².